The van der Waals surface area contributed by atoms with Crippen molar-refractivity contribution in [1.82, 2.24) is 0 Å². The summed E-state index contributed by atoms with van der Waals surface area (Å²) >= 11 is 6.10. The van der Waals surface area contributed by atoms with E-state index in [1.807, 2.05) is 30.3 Å². The molecular formula is C23H25ClNO2+. The van der Waals surface area contributed by atoms with Crippen LogP contribution < -0.4 is 14.4 Å². The third-order valence-electron chi connectivity index (χ3n) is 4.76. The van der Waals surface area contributed by atoms with E-state index < -0.39 is 0 Å². The van der Waals surface area contributed by atoms with Crippen LogP contribution in [0.4, 0.5) is 0 Å². The average Bonchev–Trinajstić information content (AvgIpc) is 2.70. The predicted octanol–water partition coefficient (Wildman–Crippen LogP) is 4.16. The number of benzene rings is 3. The third-order valence-corrected chi connectivity index (χ3v) is 5.01. The summed E-state index contributed by atoms with van der Waals surface area (Å²) < 4.78 is 10.8. The molecule has 0 aliphatic carbocycles. The van der Waals surface area contributed by atoms with Crippen LogP contribution in [0.2, 0.25) is 5.02 Å². The Kier molecular flexibility index (Phi) is 6.38. The Morgan fingerprint density at radius 3 is 2.07 bits per heavy atom. The fraction of sp³-hybridized carbons (Fsp3) is 0.217. The fourth-order valence-electron chi connectivity index (χ4n) is 3.48. The summed E-state index contributed by atoms with van der Waals surface area (Å²) in [6.07, 6.45) is 0. The lowest BCUT2D eigenvalue weighted by molar-refractivity contribution is -0.919. The number of quaternary nitrogens is 1. The molecule has 4 heteroatoms. The van der Waals surface area contributed by atoms with E-state index in [2.05, 4.69) is 49.5 Å². The van der Waals surface area contributed by atoms with Crippen LogP contribution in [0.25, 0.3) is 0 Å². The second kappa shape index (κ2) is 8.94. The maximum absolute atomic E-state index is 6.10. The molecule has 0 bridgehead atoms. The number of ether oxygens (including phenoxy) is 2. The molecule has 0 amide bonds. The molecule has 2 atom stereocenters. The molecule has 1 N–H and O–H groups in total. The highest BCUT2D eigenvalue weighted by Crippen LogP contribution is 2.27. The van der Waals surface area contributed by atoms with E-state index in [0.29, 0.717) is 0 Å². The molecule has 140 valence electrons. The van der Waals surface area contributed by atoms with E-state index in [9.17, 15) is 0 Å². The first-order valence-electron chi connectivity index (χ1n) is 8.96. The van der Waals surface area contributed by atoms with Crippen LogP contribution in [0.3, 0.4) is 0 Å². The van der Waals surface area contributed by atoms with E-state index in [-0.39, 0.29) is 6.04 Å². The largest absolute Gasteiger partial charge is 0.493 e. The molecule has 0 fully saturated rings. The summed E-state index contributed by atoms with van der Waals surface area (Å²) in [4.78, 5) is 1.36. The second-order valence-corrected chi connectivity index (χ2v) is 7.04. The molecule has 0 spiro atoms. The van der Waals surface area contributed by atoms with Gasteiger partial charge in [0.05, 0.1) is 21.3 Å². The molecule has 0 saturated carbocycles. The van der Waals surface area contributed by atoms with E-state index in [1.165, 1.54) is 21.6 Å². The van der Waals surface area contributed by atoms with Gasteiger partial charge >= 0.3 is 0 Å². The maximum atomic E-state index is 6.10. The Labute approximate surface area is 166 Å². The number of methoxy groups -OCH3 is 2. The number of nitrogens with one attached hydrogen (secondary N) is 1. The fourth-order valence-corrected chi connectivity index (χ4v) is 3.60. The Morgan fingerprint density at radius 2 is 1.44 bits per heavy atom. The van der Waals surface area contributed by atoms with E-state index >= 15 is 0 Å². The number of halogens is 1. The summed E-state index contributed by atoms with van der Waals surface area (Å²) in [6.45, 7) is 0.850. The van der Waals surface area contributed by atoms with Gasteiger partial charge in [0.15, 0.2) is 11.5 Å². The van der Waals surface area contributed by atoms with Crippen molar-refractivity contribution in [2.75, 3.05) is 21.3 Å². The molecule has 0 aliphatic rings. The van der Waals surface area contributed by atoms with Crippen LogP contribution in [-0.4, -0.2) is 21.3 Å². The zero-order chi connectivity index (χ0) is 19.2. The van der Waals surface area contributed by atoms with Gasteiger partial charge < -0.3 is 14.4 Å². The van der Waals surface area contributed by atoms with Crippen LogP contribution in [0, 0.1) is 0 Å². The molecule has 3 aromatic carbocycles. The van der Waals surface area contributed by atoms with Crippen molar-refractivity contribution in [3.63, 3.8) is 0 Å². The smallest absolute Gasteiger partial charge is 0.161 e. The first-order valence-corrected chi connectivity index (χ1v) is 9.33. The zero-order valence-corrected chi connectivity index (χ0v) is 16.7. The second-order valence-electron chi connectivity index (χ2n) is 6.61. The van der Waals surface area contributed by atoms with Gasteiger partial charge in [0.25, 0.3) is 0 Å². The van der Waals surface area contributed by atoms with Crippen LogP contribution in [0.15, 0.2) is 72.8 Å². The lowest BCUT2D eigenvalue weighted by atomic mass is 9.97. The Bertz CT molecular complexity index is 865. The van der Waals surface area contributed by atoms with Crippen molar-refractivity contribution in [1.29, 1.82) is 0 Å². The molecule has 27 heavy (non-hydrogen) atoms. The lowest BCUT2D eigenvalue weighted by Crippen LogP contribution is -3.08. The summed E-state index contributed by atoms with van der Waals surface area (Å²) in [7, 11) is 5.53. The highest BCUT2D eigenvalue weighted by molar-refractivity contribution is 6.30. The van der Waals surface area contributed by atoms with Crippen molar-refractivity contribution in [2.24, 2.45) is 0 Å². The van der Waals surface area contributed by atoms with E-state index in [0.717, 1.165) is 23.1 Å². The topological polar surface area (TPSA) is 22.9 Å². The van der Waals surface area contributed by atoms with Crippen molar-refractivity contribution in [3.05, 3.63) is 94.5 Å². The van der Waals surface area contributed by atoms with E-state index in [1.54, 1.807) is 14.2 Å². The predicted molar refractivity (Wildman–Crippen MR) is 110 cm³/mol. The number of hydrogen-bond acceptors (Lipinski definition) is 2. The molecule has 0 aliphatic heterocycles. The van der Waals surface area contributed by atoms with Gasteiger partial charge in [-0.3, -0.25) is 0 Å². The lowest BCUT2D eigenvalue weighted by Gasteiger charge is -2.26. The van der Waals surface area contributed by atoms with Crippen LogP contribution in [0.5, 0.6) is 11.5 Å². The highest BCUT2D eigenvalue weighted by atomic mass is 35.5. The standard InChI is InChI=1S/C23H24ClNO2/c1-25(16-17-9-14-21(26-2)22(15-17)27-3)23(18-7-5-4-6-8-18)19-10-12-20(24)13-11-19/h4-15,23H,16H2,1-3H3/p+1/t23-/m0/s1. The maximum Gasteiger partial charge on any atom is 0.161 e. The van der Waals surface area contributed by atoms with Crippen LogP contribution >= 0.6 is 11.6 Å². The van der Waals surface area contributed by atoms with Crippen LogP contribution in [0.1, 0.15) is 22.7 Å². The minimum atomic E-state index is 0.205. The molecular weight excluding hydrogens is 358 g/mol. The molecule has 0 aromatic heterocycles. The molecule has 3 rings (SSSR count). The van der Waals surface area contributed by atoms with Gasteiger partial charge in [0.2, 0.25) is 0 Å². The monoisotopic (exact) mass is 382 g/mol. The number of rotatable bonds is 7. The van der Waals surface area contributed by atoms with Crippen molar-refractivity contribution in [3.8, 4) is 11.5 Å². The van der Waals surface area contributed by atoms with Crippen LogP contribution in [-0.2, 0) is 6.54 Å². The van der Waals surface area contributed by atoms with Gasteiger partial charge in [0, 0.05) is 21.7 Å². The third kappa shape index (κ3) is 4.62. The Balaban J connectivity index is 1.91. The SMILES string of the molecule is COc1ccc(C[NH+](C)[C@@H](c2ccccc2)c2ccc(Cl)cc2)cc1OC. The van der Waals surface area contributed by atoms with Crippen molar-refractivity contribution in [2.45, 2.75) is 12.6 Å². The molecule has 3 aromatic rings. The van der Waals surface area contributed by atoms with Crippen molar-refractivity contribution >= 4 is 11.6 Å². The summed E-state index contributed by atoms with van der Waals surface area (Å²) in [5.74, 6) is 1.50. The molecule has 1 unspecified atom stereocenters. The molecule has 0 heterocycles. The normalized spacial score (nSPS) is 13.0. The van der Waals surface area contributed by atoms with Gasteiger partial charge in [0.1, 0.15) is 12.6 Å². The first kappa shape index (κ1) is 19.3. The number of hydrogen-bond donors (Lipinski definition) is 1. The highest BCUT2D eigenvalue weighted by Gasteiger charge is 2.23. The van der Waals surface area contributed by atoms with Gasteiger partial charge in [-0.1, -0.05) is 54.1 Å². The van der Waals surface area contributed by atoms with Gasteiger partial charge in [-0.2, -0.15) is 0 Å². The first-order chi connectivity index (χ1) is 13.1. The summed E-state index contributed by atoms with van der Waals surface area (Å²) in [6, 6.07) is 25.0. The average molecular weight is 383 g/mol. The quantitative estimate of drug-likeness (QED) is 0.663. The Morgan fingerprint density at radius 1 is 0.815 bits per heavy atom. The molecule has 3 nitrogen and oxygen atoms in total. The summed E-state index contributed by atoms with van der Waals surface area (Å²) in [5, 5.41) is 0.753. The van der Waals surface area contributed by atoms with Gasteiger partial charge in [-0.15, -0.1) is 0 Å². The summed E-state index contributed by atoms with van der Waals surface area (Å²) in [5.41, 5.74) is 3.71. The molecule has 0 radical (unpaired) electrons. The van der Waals surface area contributed by atoms with Crippen molar-refractivity contribution < 1.29 is 14.4 Å². The zero-order valence-electron chi connectivity index (χ0n) is 15.9. The molecule has 0 saturated heterocycles. The van der Waals surface area contributed by atoms with Gasteiger partial charge in [-0.05, 0) is 30.3 Å². The minimum absolute atomic E-state index is 0.205. The van der Waals surface area contributed by atoms with E-state index in [4.69, 9.17) is 21.1 Å². The van der Waals surface area contributed by atoms with Gasteiger partial charge in [-0.25, -0.2) is 0 Å². The minimum Gasteiger partial charge on any atom is -0.493 e. The Hall–Kier alpha value is -2.49.